The first-order chi connectivity index (χ1) is 11.2. The third-order valence-corrected chi connectivity index (χ3v) is 6.73. The van der Waals surface area contributed by atoms with Crippen LogP contribution in [0.15, 0.2) is 78.9 Å². The average molecular weight is 321 g/mol. The summed E-state index contributed by atoms with van der Waals surface area (Å²) >= 11 is 0. The molecule has 0 saturated heterocycles. The Morgan fingerprint density at radius 1 is 0.783 bits per heavy atom. The number of benzene rings is 3. The largest absolute Gasteiger partial charge is 0.309 e. The van der Waals surface area contributed by atoms with Crippen molar-refractivity contribution >= 4 is 23.1 Å². The number of hydrogen-bond acceptors (Lipinski definition) is 2. The van der Waals surface area contributed by atoms with Gasteiger partial charge in [0.1, 0.15) is 11.9 Å². The van der Waals surface area contributed by atoms with Gasteiger partial charge in [-0.1, -0.05) is 60.7 Å². The van der Waals surface area contributed by atoms with Crippen molar-refractivity contribution in [3.63, 3.8) is 0 Å². The van der Waals surface area contributed by atoms with Gasteiger partial charge in [-0.3, -0.25) is 0 Å². The van der Waals surface area contributed by atoms with Crippen LogP contribution in [0.2, 0.25) is 0 Å². The van der Waals surface area contributed by atoms with Gasteiger partial charge < -0.3 is 4.57 Å². The SMILES string of the molecule is N#Cc1cc(P(=O)(c2ccccc2)c2ccccc2)ccc1F. The van der Waals surface area contributed by atoms with Crippen LogP contribution in [-0.4, -0.2) is 0 Å². The van der Waals surface area contributed by atoms with Crippen molar-refractivity contribution < 1.29 is 8.96 Å². The molecule has 0 radical (unpaired) electrons. The van der Waals surface area contributed by atoms with Crippen LogP contribution >= 0.6 is 7.14 Å². The molecule has 0 amide bonds. The second-order valence-corrected chi connectivity index (χ2v) is 7.82. The van der Waals surface area contributed by atoms with Gasteiger partial charge in [-0.2, -0.15) is 5.26 Å². The Morgan fingerprint density at radius 2 is 1.30 bits per heavy atom. The summed E-state index contributed by atoms with van der Waals surface area (Å²) in [5.41, 5.74) is -0.102. The molecule has 3 rings (SSSR count). The molecule has 112 valence electrons. The van der Waals surface area contributed by atoms with Crippen LogP contribution in [0.5, 0.6) is 0 Å². The fraction of sp³-hybridized carbons (Fsp3) is 0. The van der Waals surface area contributed by atoms with E-state index in [1.54, 1.807) is 24.3 Å². The Balaban J connectivity index is 2.30. The van der Waals surface area contributed by atoms with Crippen LogP contribution in [0, 0.1) is 17.1 Å². The summed E-state index contributed by atoms with van der Waals surface area (Å²) in [6.45, 7) is 0. The van der Waals surface area contributed by atoms with Crippen molar-refractivity contribution in [3.8, 4) is 6.07 Å². The van der Waals surface area contributed by atoms with Crippen molar-refractivity contribution in [2.24, 2.45) is 0 Å². The molecule has 4 heteroatoms. The minimum absolute atomic E-state index is 0.102. The zero-order valence-corrected chi connectivity index (χ0v) is 13.1. The van der Waals surface area contributed by atoms with E-state index in [4.69, 9.17) is 5.26 Å². The standard InChI is InChI=1S/C19H13FNOP/c20-19-12-11-18(13-15(19)14-21)23(22,16-7-3-1-4-8-16)17-9-5-2-6-10-17/h1-13H. The van der Waals surface area contributed by atoms with E-state index in [1.165, 1.54) is 18.2 Å². The van der Waals surface area contributed by atoms with E-state index in [-0.39, 0.29) is 5.56 Å². The molecule has 0 spiro atoms. The molecule has 0 aromatic heterocycles. The third-order valence-electron chi connectivity index (χ3n) is 3.67. The Hall–Kier alpha value is -2.69. The van der Waals surface area contributed by atoms with Gasteiger partial charge in [-0.15, -0.1) is 0 Å². The topological polar surface area (TPSA) is 40.9 Å². The molecule has 0 unspecified atom stereocenters. The van der Waals surface area contributed by atoms with Crippen LogP contribution in [0.4, 0.5) is 4.39 Å². The zero-order valence-electron chi connectivity index (χ0n) is 12.2. The molecule has 0 aliphatic rings. The quantitative estimate of drug-likeness (QED) is 0.694. The molecular weight excluding hydrogens is 308 g/mol. The predicted molar refractivity (Wildman–Crippen MR) is 90.5 cm³/mol. The van der Waals surface area contributed by atoms with Gasteiger partial charge in [0.2, 0.25) is 0 Å². The van der Waals surface area contributed by atoms with Crippen molar-refractivity contribution in [1.29, 1.82) is 5.26 Å². The fourth-order valence-corrected chi connectivity index (χ4v) is 5.19. The van der Waals surface area contributed by atoms with Gasteiger partial charge in [-0.05, 0) is 18.2 Å². The predicted octanol–water partition coefficient (Wildman–Crippen LogP) is 3.34. The van der Waals surface area contributed by atoms with Crippen LogP contribution in [0.3, 0.4) is 0 Å². The van der Waals surface area contributed by atoms with E-state index in [1.807, 2.05) is 42.5 Å². The van der Waals surface area contributed by atoms with Crippen LogP contribution < -0.4 is 15.9 Å². The number of rotatable bonds is 3. The van der Waals surface area contributed by atoms with Gasteiger partial charge in [0.05, 0.1) is 5.56 Å². The van der Waals surface area contributed by atoms with E-state index in [2.05, 4.69) is 0 Å². The Kier molecular flexibility index (Phi) is 4.10. The molecule has 0 fully saturated rings. The lowest BCUT2D eigenvalue weighted by atomic mass is 10.2. The molecule has 0 heterocycles. The van der Waals surface area contributed by atoms with E-state index < -0.39 is 13.0 Å². The molecule has 0 bridgehead atoms. The Bertz CT molecular complexity index is 874. The summed E-state index contributed by atoms with van der Waals surface area (Å²) in [5.74, 6) is -0.607. The lowest BCUT2D eigenvalue weighted by Crippen LogP contribution is -2.25. The monoisotopic (exact) mass is 321 g/mol. The molecule has 3 aromatic carbocycles. The summed E-state index contributed by atoms with van der Waals surface area (Å²) in [4.78, 5) is 0. The van der Waals surface area contributed by atoms with Crippen molar-refractivity contribution in [2.75, 3.05) is 0 Å². The maximum absolute atomic E-state index is 14.0. The van der Waals surface area contributed by atoms with Gasteiger partial charge in [0.25, 0.3) is 0 Å². The summed E-state index contributed by atoms with van der Waals surface area (Å²) in [6, 6.07) is 24.1. The highest BCUT2D eigenvalue weighted by molar-refractivity contribution is 7.85. The van der Waals surface area contributed by atoms with Crippen molar-refractivity contribution in [3.05, 3.63) is 90.2 Å². The Morgan fingerprint density at radius 3 is 1.78 bits per heavy atom. The molecule has 0 saturated carbocycles. The number of nitriles is 1. The second-order valence-electron chi connectivity index (χ2n) is 5.06. The zero-order chi connectivity index (χ0) is 16.3. The lowest BCUT2D eigenvalue weighted by Gasteiger charge is -2.20. The highest BCUT2D eigenvalue weighted by atomic mass is 31.2. The van der Waals surface area contributed by atoms with Gasteiger partial charge in [0, 0.05) is 15.9 Å². The molecule has 3 aromatic rings. The first kappa shape index (κ1) is 15.2. The number of nitrogens with zero attached hydrogens (tertiary/aromatic N) is 1. The molecule has 0 aliphatic heterocycles. The minimum Gasteiger partial charge on any atom is -0.309 e. The summed E-state index contributed by atoms with van der Waals surface area (Å²) in [7, 11) is -3.15. The van der Waals surface area contributed by atoms with E-state index in [0.717, 1.165) is 0 Å². The van der Waals surface area contributed by atoms with Crippen LogP contribution in [0.25, 0.3) is 0 Å². The van der Waals surface area contributed by atoms with Gasteiger partial charge in [-0.25, -0.2) is 4.39 Å². The van der Waals surface area contributed by atoms with Crippen molar-refractivity contribution in [1.82, 2.24) is 0 Å². The smallest absolute Gasteiger partial charge is 0.171 e. The summed E-state index contributed by atoms with van der Waals surface area (Å²) in [5, 5.41) is 10.8. The average Bonchev–Trinajstić information content (AvgIpc) is 2.63. The van der Waals surface area contributed by atoms with Crippen molar-refractivity contribution in [2.45, 2.75) is 0 Å². The number of hydrogen-bond donors (Lipinski definition) is 0. The van der Waals surface area contributed by atoms with Gasteiger partial charge in [0.15, 0.2) is 7.14 Å². The summed E-state index contributed by atoms with van der Waals surface area (Å²) < 4.78 is 27.6. The first-order valence-corrected chi connectivity index (χ1v) is 8.78. The second kappa shape index (κ2) is 6.20. The van der Waals surface area contributed by atoms with Crippen LogP contribution in [0.1, 0.15) is 5.56 Å². The number of halogens is 1. The fourth-order valence-electron chi connectivity index (χ4n) is 2.52. The van der Waals surface area contributed by atoms with E-state index in [0.29, 0.717) is 15.9 Å². The van der Waals surface area contributed by atoms with Gasteiger partial charge >= 0.3 is 0 Å². The highest BCUT2D eigenvalue weighted by Gasteiger charge is 2.30. The lowest BCUT2D eigenvalue weighted by molar-refractivity contribution is 0.592. The maximum atomic E-state index is 14.0. The molecule has 2 nitrogen and oxygen atoms in total. The molecule has 23 heavy (non-hydrogen) atoms. The normalized spacial score (nSPS) is 11.0. The summed E-state index contributed by atoms with van der Waals surface area (Å²) in [6.07, 6.45) is 0. The molecular formula is C19H13FNOP. The molecule has 0 aliphatic carbocycles. The van der Waals surface area contributed by atoms with E-state index >= 15 is 0 Å². The third kappa shape index (κ3) is 2.70. The first-order valence-electron chi connectivity index (χ1n) is 7.08. The van der Waals surface area contributed by atoms with E-state index in [9.17, 15) is 8.96 Å². The minimum atomic E-state index is -3.15. The van der Waals surface area contributed by atoms with Crippen LogP contribution in [-0.2, 0) is 4.57 Å². The maximum Gasteiger partial charge on any atom is 0.171 e. The molecule has 0 atom stereocenters. The molecule has 0 N–H and O–H groups in total. The highest BCUT2D eigenvalue weighted by Crippen LogP contribution is 2.42. The Labute approximate surface area is 134 Å².